The molecule has 0 saturated heterocycles. The van der Waals surface area contributed by atoms with Crippen molar-refractivity contribution in [1.82, 2.24) is 0 Å². The lowest BCUT2D eigenvalue weighted by Gasteiger charge is -2.06. The summed E-state index contributed by atoms with van der Waals surface area (Å²) in [5, 5.41) is 10.7. The van der Waals surface area contributed by atoms with Crippen LogP contribution in [0.5, 0.6) is 0 Å². The Morgan fingerprint density at radius 1 is 1.47 bits per heavy atom. The molecular weight excluding hydrogens is 212 g/mol. The summed E-state index contributed by atoms with van der Waals surface area (Å²) in [5.41, 5.74) is 8.01. The number of thiocarbonyl (C=S) groups is 1. The molecule has 0 aliphatic rings. The zero-order chi connectivity index (χ0) is 11.6. The van der Waals surface area contributed by atoms with Crippen LogP contribution in [0.4, 0.5) is 5.69 Å². The number of nitro groups is 1. The van der Waals surface area contributed by atoms with Gasteiger partial charge in [-0.05, 0) is 31.0 Å². The molecule has 5 heteroatoms. The van der Waals surface area contributed by atoms with Gasteiger partial charge in [0, 0.05) is 18.1 Å². The molecule has 0 atom stereocenters. The van der Waals surface area contributed by atoms with E-state index in [-0.39, 0.29) is 10.6 Å². The molecule has 0 aliphatic heterocycles. The molecule has 0 radical (unpaired) electrons. The summed E-state index contributed by atoms with van der Waals surface area (Å²) in [6.45, 7) is 3.53. The first-order valence-corrected chi connectivity index (χ1v) is 4.85. The van der Waals surface area contributed by atoms with Gasteiger partial charge in [-0.2, -0.15) is 0 Å². The summed E-state index contributed by atoms with van der Waals surface area (Å²) in [4.78, 5) is 10.7. The molecule has 0 spiro atoms. The number of benzene rings is 1. The van der Waals surface area contributed by atoms with Crippen LogP contribution in [-0.2, 0) is 6.42 Å². The fraction of sp³-hybridized carbons (Fsp3) is 0.300. The Morgan fingerprint density at radius 2 is 2.07 bits per heavy atom. The second kappa shape index (κ2) is 4.35. The SMILES string of the molecule is Cc1cc([N+](=O)[O-])c(C)cc1CC(N)=S. The van der Waals surface area contributed by atoms with Crippen LogP contribution in [0, 0.1) is 24.0 Å². The van der Waals surface area contributed by atoms with Crippen molar-refractivity contribution in [3.63, 3.8) is 0 Å². The summed E-state index contributed by atoms with van der Waals surface area (Å²) in [7, 11) is 0. The molecule has 0 aliphatic carbocycles. The van der Waals surface area contributed by atoms with Crippen LogP contribution >= 0.6 is 12.2 Å². The average Bonchev–Trinajstić information content (AvgIpc) is 2.09. The fourth-order valence-corrected chi connectivity index (χ4v) is 1.59. The minimum Gasteiger partial charge on any atom is -0.393 e. The fourth-order valence-electron chi connectivity index (χ4n) is 1.44. The van der Waals surface area contributed by atoms with E-state index in [9.17, 15) is 10.1 Å². The molecule has 4 nitrogen and oxygen atoms in total. The highest BCUT2D eigenvalue weighted by Crippen LogP contribution is 2.22. The van der Waals surface area contributed by atoms with E-state index >= 15 is 0 Å². The Hall–Kier alpha value is -1.49. The molecule has 0 amide bonds. The Kier molecular flexibility index (Phi) is 3.36. The summed E-state index contributed by atoms with van der Waals surface area (Å²) < 4.78 is 0. The van der Waals surface area contributed by atoms with E-state index in [1.807, 2.05) is 6.92 Å². The molecule has 1 aromatic rings. The lowest BCUT2D eigenvalue weighted by molar-refractivity contribution is -0.385. The zero-order valence-electron chi connectivity index (χ0n) is 8.61. The van der Waals surface area contributed by atoms with Crippen LogP contribution in [0.2, 0.25) is 0 Å². The lowest BCUT2D eigenvalue weighted by atomic mass is 10.0. The van der Waals surface area contributed by atoms with Crippen molar-refractivity contribution < 1.29 is 4.92 Å². The summed E-state index contributed by atoms with van der Waals surface area (Å²) in [6, 6.07) is 3.33. The Morgan fingerprint density at radius 3 is 2.53 bits per heavy atom. The summed E-state index contributed by atoms with van der Waals surface area (Å²) >= 11 is 4.81. The van der Waals surface area contributed by atoms with Gasteiger partial charge in [0.15, 0.2) is 0 Å². The highest BCUT2D eigenvalue weighted by atomic mass is 32.1. The second-order valence-electron chi connectivity index (χ2n) is 3.47. The monoisotopic (exact) mass is 224 g/mol. The van der Waals surface area contributed by atoms with E-state index in [4.69, 9.17) is 18.0 Å². The third kappa shape index (κ3) is 2.73. The van der Waals surface area contributed by atoms with E-state index < -0.39 is 0 Å². The number of rotatable bonds is 3. The van der Waals surface area contributed by atoms with Gasteiger partial charge in [0.25, 0.3) is 5.69 Å². The number of nitrogens with two attached hydrogens (primary N) is 1. The minimum atomic E-state index is -0.382. The van der Waals surface area contributed by atoms with Gasteiger partial charge in [-0.1, -0.05) is 12.2 Å². The molecule has 2 N–H and O–H groups in total. The van der Waals surface area contributed by atoms with Crippen molar-refractivity contribution in [3.05, 3.63) is 38.9 Å². The molecule has 0 bridgehead atoms. The summed E-state index contributed by atoms with van der Waals surface area (Å²) in [6.07, 6.45) is 0.486. The minimum absolute atomic E-state index is 0.138. The Balaban J connectivity index is 3.19. The maximum Gasteiger partial charge on any atom is 0.272 e. The van der Waals surface area contributed by atoms with Gasteiger partial charge in [-0.15, -0.1) is 0 Å². The second-order valence-corrected chi connectivity index (χ2v) is 3.99. The number of aryl methyl sites for hydroxylation is 2. The number of nitrogens with zero attached hydrogens (tertiary/aromatic N) is 1. The Labute approximate surface area is 93.2 Å². The lowest BCUT2D eigenvalue weighted by Crippen LogP contribution is -2.12. The van der Waals surface area contributed by atoms with Gasteiger partial charge < -0.3 is 5.73 Å². The number of hydrogen-bond acceptors (Lipinski definition) is 3. The van der Waals surface area contributed by atoms with Crippen molar-refractivity contribution in [1.29, 1.82) is 0 Å². The zero-order valence-corrected chi connectivity index (χ0v) is 9.43. The molecule has 0 unspecified atom stereocenters. The van der Waals surface area contributed by atoms with Crippen LogP contribution in [0.3, 0.4) is 0 Å². The van der Waals surface area contributed by atoms with Crippen molar-refractivity contribution in [2.75, 3.05) is 0 Å². The molecule has 0 heterocycles. The smallest absolute Gasteiger partial charge is 0.272 e. The highest BCUT2D eigenvalue weighted by molar-refractivity contribution is 7.80. The largest absolute Gasteiger partial charge is 0.393 e. The van der Waals surface area contributed by atoms with Crippen molar-refractivity contribution >= 4 is 22.9 Å². The predicted octanol–water partition coefficient (Wildman–Crippen LogP) is 2.04. The number of nitro benzene ring substituents is 1. The van der Waals surface area contributed by atoms with Gasteiger partial charge in [0.05, 0.1) is 9.91 Å². The third-order valence-electron chi connectivity index (χ3n) is 2.22. The van der Waals surface area contributed by atoms with Gasteiger partial charge in [-0.3, -0.25) is 10.1 Å². The maximum absolute atomic E-state index is 10.7. The molecular formula is C10H12N2O2S. The molecule has 80 valence electrons. The molecule has 1 rings (SSSR count). The third-order valence-corrected chi connectivity index (χ3v) is 2.36. The topological polar surface area (TPSA) is 69.2 Å². The van der Waals surface area contributed by atoms with E-state index in [0.29, 0.717) is 17.0 Å². The first kappa shape index (κ1) is 11.6. The van der Waals surface area contributed by atoms with Crippen LogP contribution < -0.4 is 5.73 Å². The van der Waals surface area contributed by atoms with Crippen molar-refractivity contribution in [2.24, 2.45) is 5.73 Å². The van der Waals surface area contributed by atoms with E-state index in [1.54, 1.807) is 19.1 Å². The quantitative estimate of drug-likeness (QED) is 0.484. The predicted molar refractivity (Wildman–Crippen MR) is 63.1 cm³/mol. The van der Waals surface area contributed by atoms with Crippen LogP contribution in [-0.4, -0.2) is 9.91 Å². The Bertz CT molecular complexity index is 430. The van der Waals surface area contributed by atoms with Gasteiger partial charge in [-0.25, -0.2) is 0 Å². The summed E-state index contributed by atoms with van der Waals surface area (Å²) in [5.74, 6) is 0. The molecule has 0 fully saturated rings. The standard InChI is InChI=1S/C10H12N2O2S/c1-6-4-9(12(13)14)7(2)3-8(6)5-10(11)15/h3-4H,5H2,1-2H3,(H2,11,15). The van der Waals surface area contributed by atoms with E-state index in [1.165, 1.54) is 0 Å². The highest BCUT2D eigenvalue weighted by Gasteiger charge is 2.13. The molecule has 1 aromatic carbocycles. The first-order valence-electron chi connectivity index (χ1n) is 4.44. The average molecular weight is 224 g/mol. The van der Waals surface area contributed by atoms with Crippen LogP contribution in [0.25, 0.3) is 0 Å². The van der Waals surface area contributed by atoms with Crippen molar-refractivity contribution in [2.45, 2.75) is 20.3 Å². The molecule has 15 heavy (non-hydrogen) atoms. The molecule has 0 aromatic heterocycles. The normalized spacial score (nSPS) is 10.0. The van der Waals surface area contributed by atoms with Crippen molar-refractivity contribution in [3.8, 4) is 0 Å². The van der Waals surface area contributed by atoms with Crippen LogP contribution in [0.1, 0.15) is 16.7 Å². The number of hydrogen-bond donors (Lipinski definition) is 1. The van der Waals surface area contributed by atoms with E-state index in [0.717, 1.165) is 11.1 Å². The van der Waals surface area contributed by atoms with E-state index in [2.05, 4.69) is 0 Å². The first-order chi connectivity index (χ1) is 6.91. The van der Waals surface area contributed by atoms with Crippen LogP contribution in [0.15, 0.2) is 12.1 Å². The maximum atomic E-state index is 10.7. The molecule has 0 saturated carbocycles. The van der Waals surface area contributed by atoms with Gasteiger partial charge in [0.2, 0.25) is 0 Å². The van der Waals surface area contributed by atoms with Gasteiger partial charge in [0.1, 0.15) is 0 Å². The van der Waals surface area contributed by atoms with Gasteiger partial charge >= 0.3 is 0 Å².